The summed E-state index contributed by atoms with van der Waals surface area (Å²) in [6, 6.07) is 8.80. The monoisotopic (exact) mass is 274 g/mol. The largest absolute Gasteiger partial charge is 0.480 e. The van der Waals surface area contributed by atoms with Gasteiger partial charge in [0, 0.05) is 11.8 Å². The van der Waals surface area contributed by atoms with Crippen LogP contribution in [-0.4, -0.2) is 20.2 Å². The topological polar surface area (TPSA) is 81.3 Å². The predicted molar refractivity (Wildman–Crippen MR) is 73.4 cm³/mol. The van der Waals surface area contributed by atoms with Gasteiger partial charge in [-0.2, -0.15) is 0 Å². The lowest BCUT2D eigenvalue weighted by Gasteiger charge is -2.15. The first-order valence-electron chi connectivity index (χ1n) is 6.07. The number of carboxylic acid groups (broad SMARTS) is 1. The number of nitrogens with zero attached hydrogens (tertiary/aromatic N) is 2. The minimum atomic E-state index is -1.23. The van der Waals surface area contributed by atoms with E-state index in [1.54, 1.807) is 37.3 Å². The molecule has 6 heteroatoms. The molecule has 1 atom stereocenters. The number of para-hydroxylation sites is 1. The first kappa shape index (κ1) is 13.8. The number of carbonyl (C=O) groups is 1. The fourth-order valence-electron chi connectivity index (χ4n) is 2.02. The molecule has 0 saturated carbocycles. The Labute approximate surface area is 114 Å². The number of aromatic nitrogens is 2. The number of hydrogen-bond acceptors (Lipinski definition) is 3. The number of rotatable bonds is 3. The summed E-state index contributed by atoms with van der Waals surface area (Å²) in [7, 11) is 0. The van der Waals surface area contributed by atoms with Crippen molar-refractivity contribution >= 4 is 5.97 Å². The molecular weight excluding hydrogens is 260 g/mol. The minimum absolute atomic E-state index is 0.458. The normalized spacial score (nSPS) is 12.1. The number of benzene rings is 1. The molecule has 0 bridgehead atoms. The number of carboxylic acids is 1. The Hall–Kier alpha value is -2.63. The van der Waals surface area contributed by atoms with Gasteiger partial charge in [-0.05, 0) is 26.0 Å². The first-order chi connectivity index (χ1) is 9.43. The molecule has 0 radical (unpaired) electrons. The van der Waals surface area contributed by atoms with Crippen molar-refractivity contribution in [1.29, 1.82) is 0 Å². The molecule has 2 rings (SSSR count). The summed E-state index contributed by atoms with van der Waals surface area (Å²) in [5.74, 6) is -1.23. The van der Waals surface area contributed by atoms with Gasteiger partial charge in [-0.3, -0.25) is 9.36 Å². The second kappa shape index (κ2) is 5.16. The van der Waals surface area contributed by atoms with Gasteiger partial charge in [0.1, 0.15) is 6.04 Å². The quantitative estimate of drug-likeness (QED) is 0.903. The van der Waals surface area contributed by atoms with Crippen molar-refractivity contribution in [2.45, 2.75) is 19.9 Å². The van der Waals surface area contributed by atoms with Gasteiger partial charge < -0.3 is 5.11 Å². The van der Waals surface area contributed by atoms with E-state index < -0.39 is 23.3 Å². The third-order valence-corrected chi connectivity index (χ3v) is 3.08. The van der Waals surface area contributed by atoms with E-state index >= 15 is 0 Å². The van der Waals surface area contributed by atoms with Crippen molar-refractivity contribution in [3.05, 3.63) is 62.9 Å². The summed E-state index contributed by atoms with van der Waals surface area (Å²) < 4.78 is 2.06. The highest BCUT2D eigenvalue weighted by molar-refractivity contribution is 5.71. The molecule has 1 N–H and O–H groups in total. The van der Waals surface area contributed by atoms with E-state index in [0.717, 1.165) is 4.57 Å². The van der Waals surface area contributed by atoms with E-state index in [9.17, 15) is 14.4 Å². The zero-order valence-electron chi connectivity index (χ0n) is 11.1. The fraction of sp³-hybridized carbons (Fsp3) is 0.214. The van der Waals surface area contributed by atoms with Crippen LogP contribution in [0.15, 0.2) is 46.0 Å². The van der Waals surface area contributed by atoms with Crippen LogP contribution in [0.5, 0.6) is 0 Å². The van der Waals surface area contributed by atoms with Gasteiger partial charge in [0.2, 0.25) is 0 Å². The van der Waals surface area contributed by atoms with Crippen LogP contribution in [0.4, 0.5) is 0 Å². The van der Waals surface area contributed by atoms with E-state index in [0.29, 0.717) is 11.4 Å². The zero-order valence-corrected chi connectivity index (χ0v) is 11.1. The molecule has 20 heavy (non-hydrogen) atoms. The summed E-state index contributed by atoms with van der Waals surface area (Å²) >= 11 is 0. The van der Waals surface area contributed by atoms with Crippen molar-refractivity contribution in [1.82, 2.24) is 9.13 Å². The average Bonchev–Trinajstić information content (AvgIpc) is 2.39. The molecule has 2 aromatic rings. The molecule has 1 heterocycles. The second-order valence-corrected chi connectivity index (χ2v) is 4.46. The van der Waals surface area contributed by atoms with Crippen molar-refractivity contribution < 1.29 is 9.90 Å². The lowest BCUT2D eigenvalue weighted by molar-refractivity contribution is -0.140. The number of aliphatic carboxylic acids is 1. The molecule has 0 amide bonds. The molecule has 1 aromatic carbocycles. The van der Waals surface area contributed by atoms with Crippen molar-refractivity contribution in [3.8, 4) is 5.69 Å². The van der Waals surface area contributed by atoms with E-state index in [1.165, 1.54) is 17.6 Å². The van der Waals surface area contributed by atoms with Crippen LogP contribution in [0.25, 0.3) is 5.69 Å². The van der Waals surface area contributed by atoms with E-state index in [1.807, 2.05) is 0 Å². The maximum absolute atomic E-state index is 12.4. The Morgan fingerprint density at radius 3 is 2.35 bits per heavy atom. The lowest BCUT2D eigenvalue weighted by atomic mass is 10.3. The Bertz CT molecular complexity index is 759. The van der Waals surface area contributed by atoms with Crippen LogP contribution < -0.4 is 11.2 Å². The molecule has 0 aliphatic heterocycles. The van der Waals surface area contributed by atoms with Crippen molar-refractivity contribution in [3.63, 3.8) is 0 Å². The van der Waals surface area contributed by atoms with Gasteiger partial charge in [0.05, 0.1) is 5.69 Å². The highest BCUT2D eigenvalue weighted by atomic mass is 16.4. The average molecular weight is 274 g/mol. The summed E-state index contributed by atoms with van der Waals surface area (Å²) in [6.45, 7) is 2.93. The third kappa shape index (κ3) is 2.27. The standard InChI is InChI=1S/C14H14N2O4/c1-9-8-12(17)16(10(2)13(18)19)14(20)15(9)11-6-4-3-5-7-11/h3-8,10H,1-2H3,(H,18,19)/t10-/m0/s1. The van der Waals surface area contributed by atoms with Gasteiger partial charge in [0.15, 0.2) is 0 Å². The molecule has 104 valence electrons. The third-order valence-electron chi connectivity index (χ3n) is 3.08. The maximum atomic E-state index is 12.4. The molecule has 6 nitrogen and oxygen atoms in total. The van der Waals surface area contributed by atoms with Gasteiger partial charge in [-0.25, -0.2) is 14.2 Å². The van der Waals surface area contributed by atoms with Gasteiger partial charge in [-0.15, -0.1) is 0 Å². The highest BCUT2D eigenvalue weighted by Crippen LogP contribution is 2.07. The van der Waals surface area contributed by atoms with Crippen LogP contribution in [0.3, 0.4) is 0 Å². The molecular formula is C14H14N2O4. The fourth-order valence-corrected chi connectivity index (χ4v) is 2.02. The molecule has 0 unspecified atom stereocenters. The van der Waals surface area contributed by atoms with Crippen LogP contribution in [0, 0.1) is 6.92 Å². The summed E-state index contributed by atoms with van der Waals surface area (Å²) in [5.41, 5.74) is -0.230. The molecule has 1 aromatic heterocycles. The van der Waals surface area contributed by atoms with Crippen LogP contribution in [0.1, 0.15) is 18.7 Å². The molecule has 0 spiro atoms. The summed E-state index contributed by atoms with van der Waals surface area (Å²) in [6.07, 6.45) is 0. The van der Waals surface area contributed by atoms with Gasteiger partial charge >= 0.3 is 11.7 Å². The Morgan fingerprint density at radius 1 is 1.20 bits per heavy atom. The van der Waals surface area contributed by atoms with Crippen molar-refractivity contribution in [2.24, 2.45) is 0 Å². The van der Waals surface area contributed by atoms with Crippen LogP contribution >= 0.6 is 0 Å². The Kier molecular flexibility index (Phi) is 3.56. The molecule has 0 fully saturated rings. The van der Waals surface area contributed by atoms with E-state index in [2.05, 4.69) is 0 Å². The van der Waals surface area contributed by atoms with Gasteiger partial charge in [0.25, 0.3) is 5.56 Å². The lowest BCUT2D eigenvalue weighted by Crippen LogP contribution is -2.43. The SMILES string of the molecule is Cc1cc(=O)n([C@@H](C)C(=O)O)c(=O)n1-c1ccccc1. The van der Waals surface area contributed by atoms with Crippen LogP contribution in [0.2, 0.25) is 0 Å². The smallest absolute Gasteiger partial charge is 0.336 e. The molecule has 0 aliphatic carbocycles. The first-order valence-corrected chi connectivity index (χ1v) is 6.07. The summed E-state index contributed by atoms with van der Waals surface area (Å²) in [4.78, 5) is 35.3. The highest BCUT2D eigenvalue weighted by Gasteiger charge is 2.20. The van der Waals surface area contributed by atoms with Crippen molar-refractivity contribution in [2.75, 3.05) is 0 Å². The van der Waals surface area contributed by atoms with E-state index in [4.69, 9.17) is 5.11 Å². The maximum Gasteiger partial charge on any atom is 0.336 e. The van der Waals surface area contributed by atoms with Crippen LogP contribution in [-0.2, 0) is 4.79 Å². The molecule has 0 saturated heterocycles. The Balaban J connectivity index is 2.79. The van der Waals surface area contributed by atoms with Gasteiger partial charge in [-0.1, -0.05) is 18.2 Å². The second-order valence-electron chi connectivity index (χ2n) is 4.46. The number of hydrogen-bond donors (Lipinski definition) is 1. The Morgan fingerprint density at radius 2 is 1.80 bits per heavy atom. The number of aryl methyl sites for hydroxylation is 1. The summed E-state index contributed by atoms with van der Waals surface area (Å²) in [5, 5.41) is 9.01. The predicted octanol–water partition coefficient (Wildman–Crippen LogP) is 0.953. The minimum Gasteiger partial charge on any atom is -0.480 e. The van der Waals surface area contributed by atoms with E-state index in [-0.39, 0.29) is 0 Å². The molecule has 0 aliphatic rings. The zero-order chi connectivity index (χ0) is 14.9.